The Labute approximate surface area is 139 Å². The lowest BCUT2D eigenvalue weighted by Gasteiger charge is -2.26. The van der Waals surface area contributed by atoms with E-state index < -0.39 is 17.2 Å². The molecular weight excluding hydrogens is 342 g/mol. The lowest BCUT2D eigenvalue weighted by molar-refractivity contribution is -0.0305. The van der Waals surface area contributed by atoms with E-state index in [0.717, 1.165) is 12.1 Å². The topological polar surface area (TPSA) is 61.9 Å². The van der Waals surface area contributed by atoms with Crippen molar-refractivity contribution in [3.8, 4) is 0 Å². The maximum atomic E-state index is 13.8. The molecule has 4 rings (SSSR count). The minimum Gasteiger partial charge on any atom is -0.377 e. The molecule has 0 radical (unpaired) electrons. The lowest BCUT2D eigenvalue weighted by Crippen LogP contribution is -2.38. The third-order valence-electron chi connectivity index (χ3n) is 3.98. The van der Waals surface area contributed by atoms with Gasteiger partial charge in [0.2, 0.25) is 0 Å². The fourth-order valence-corrected chi connectivity index (χ4v) is 2.81. The van der Waals surface area contributed by atoms with Gasteiger partial charge in [-0.1, -0.05) is 17.7 Å². The van der Waals surface area contributed by atoms with Crippen molar-refractivity contribution in [3.63, 3.8) is 0 Å². The Morgan fingerprint density at radius 2 is 2.00 bits per heavy atom. The number of hydrogen-bond donors (Lipinski definition) is 0. The van der Waals surface area contributed by atoms with Crippen LogP contribution in [0, 0.1) is 11.6 Å². The first kappa shape index (κ1) is 15.2. The molecule has 1 aliphatic heterocycles. The molecule has 3 aromatic rings. The number of benzene rings is 1. The molecule has 0 N–H and O–H groups in total. The standard InChI is InChI=1S/C15H11ClF2N4O2/c16-14-9-4-19-22(8-6-24-7-8)15(23)13(9)20-21(14)5-10-11(17)2-1-3-12(10)18/h1-4,8H,5-7H2. The van der Waals surface area contributed by atoms with Crippen LogP contribution < -0.4 is 5.56 Å². The van der Waals surface area contributed by atoms with Crippen molar-refractivity contribution >= 4 is 22.5 Å². The van der Waals surface area contributed by atoms with Gasteiger partial charge in [0.1, 0.15) is 22.8 Å². The van der Waals surface area contributed by atoms with Crippen LogP contribution in [0.2, 0.25) is 5.15 Å². The summed E-state index contributed by atoms with van der Waals surface area (Å²) in [5, 5.41) is 8.66. The van der Waals surface area contributed by atoms with Gasteiger partial charge in [0, 0.05) is 5.56 Å². The highest BCUT2D eigenvalue weighted by atomic mass is 35.5. The summed E-state index contributed by atoms with van der Waals surface area (Å²) in [5.41, 5.74) is -0.470. The van der Waals surface area contributed by atoms with Gasteiger partial charge < -0.3 is 4.74 Å². The maximum Gasteiger partial charge on any atom is 0.295 e. The smallest absolute Gasteiger partial charge is 0.295 e. The van der Waals surface area contributed by atoms with Crippen molar-refractivity contribution in [2.75, 3.05) is 13.2 Å². The third kappa shape index (κ3) is 2.30. The fraction of sp³-hybridized carbons (Fsp3) is 0.267. The molecule has 1 saturated heterocycles. The van der Waals surface area contributed by atoms with Crippen molar-refractivity contribution in [1.82, 2.24) is 19.6 Å². The largest absolute Gasteiger partial charge is 0.377 e. The molecule has 3 heterocycles. The van der Waals surface area contributed by atoms with Crippen LogP contribution in [-0.4, -0.2) is 32.8 Å². The monoisotopic (exact) mass is 352 g/mol. The van der Waals surface area contributed by atoms with Crippen molar-refractivity contribution < 1.29 is 13.5 Å². The van der Waals surface area contributed by atoms with Crippen LogP contribution in [0.3, 0.4) is 0 Å². The molecule has 1 aromatic carbocycles. The zero-order valence-corrected chi connectivity index (χ0v) is 13.0. The first-order chi connectivity index (χ1) is 11.6. The molecule has 6 nitrogen and oxygen atoms in total. The molecule has 9 heteroatoms. The number of rotatable bonds is 3. The minimum atomic E-state index is -0.701. The predicted octanol–water partition coefficient (Wildman–Crippen LogP) is 2.14. The number of ether oxygens (including phenoxy) is 1. The summed E-state index contributed by atoms with van der Waals surface area (Å²) in [6.07, 6.45) is 1.43. The van der Waals surface area contributed by atoms with Crippen LogP contribution in [0.25, 0.3) is 10.9 Å². The average molecular weight is 353 g/mol. The van der Waals surface area contributed by atoms with Crippen molar-refractivity contribution in [3.05, 3.63) is 57.1 Å². The maximum absolute atomic E-state index is 13.8. The first-order valence-corrected chi connectivity index (χ1v) is 7.58. The van der Waals surface area contributed by atoms with Gasteiger partial charge in [-0.3, -0.25) is 4.79 Å². The summed E-state index contributed by atoms with van der Waals surface area (Å²) >= 11 is 6.21. The van der Waals surface area contributed by atoms with Crippen molar-refractivity contribution in [2.45, 2.75) is 12.6 Å². The molecule has 0 atom stereocenters. The second-order valence-corrected chi connectivity index (χ2v) is 5.85. The molecule has 2 aromatic heterocycles. The summed E-state index contributed by atoms with van der Waals surface area (Å²) in [6, 6.07) is 3.45. The van der Waals surface area contributed by atoms with E-state index in [2.05, 4.69) is 10.2 Å². The Morgan fingerprint density at radius 1 is 1.29 bits per heavy atom. The molecule has 24 heavy (non-hydrogen) atoms. The van der Waals surface area contributed by atoms with Gasteiger partial charge in [-0.25, -0.2) is 18.1 Å². The number of fused-ring (bicyclic) bond motifs is 1. The Bertz CT molecular complexity index is 977. The molecule has 0 unspecified atom stereocenters. The molecule has 0 amide bonds. The molecular formula is C15H11ClF2N4O2. The van der Waals surface area contributed by atoms with Gasteiger partial charge in [0.05, 0.1) is 31.3 Å². The Kier molecular flexibility index (Phi) is 3.58. The van der Waals surface area contributed by atoms with E-state index in [-0.39, 0.29) is 28.8 Å². The molecule has 0 saturated carbocycles. The first-order valence-electron chi connectivity index (χ1n) is 7.20. The quantitative estimate of drug-likeness (QED) is 0.724. The van der Waals surface area contributed by atoms with E-state index in [0.29, 0.717) is 18.6 Å². The van der Waals surface area contributed by atoms with Crippen LogP contribution in [0.4, 0.5) is 8.78 Å². The van der Waals surface area contributed by atoms with E-state index in [1.54, 1.807) is 0 Å². The summed E-state index contributed by atoms with van der Waals surface area (Å²) in [4.78, 5) is 12.5. The highest BCUT2D eigenvalue weighted by Crippen LogP contribution is 2.24. The summed E-state index contributed by atoms with van der Waals surface area (Å²) in [7, 11) is 0. The summed E-state index contributed by atoms with van der Waals surface area (Å²) in [6.45, 7) is 0.596. The van der Waals surface area contributed by atoms with E-state index in [9.17, 15) is 13.6 Å². The number of nitrogens with zero attached hydrogens (tertiary/aromatic N) is 4. The molecule has 0 aliphatic carbocycles. The molecule has 124 valence electrons. The summed E-state index contributed by atoms with van der Waals surface area (Å²) < 4.78 is 35.2. The van der Waals surface area contributed by atoms with Crippen LogP contribution in [0.1, 0.15) is 11.6 Å². The second kappa shape index (κ2) is 5.64. The molecule has 0 spiro atoms. The average Bonchev–Trinajstić information content (AvgIpc) is 2.82. The van der Waals surface area contributed by atoms with Crippen LogP contribution in [-0.2, 0) is 11.3 Å². The van der Waals surface area contributed by atoms with Crippen LogP contribution in [0.15, 0.2) is 29.2 Å². The van der Waals surface area contributed by atoms with Gasteiger partial charge in [-0.15, -0.1) is 0 Å². The molecule has 1 aliphatic rings. The van der Waals surface area contributed by atoms with Gasteiger partial charge in [0.15, 0.2) is 5.52 Å². The number of halogens is 3. The molecule has 1 fully saturated rings. The normalized spacial score (nSPS) is 15.0. The SMILES string of the molecule is O=c1c2nn(Cc3c(F)cccc3F)c(Cl)c2cnn1C1COC1. The minimum absolute atomic E-state index is 0.106. The van der Waals surface area contributed by atoms with E-state index in [1.165, 1.54) is 21.6 Å². The van der Waals surface area contributed by atoms with Gasteiger partial charge in [0.25, 0.3) is 5.56 Å². The van der Waals surface area contributed by atoms with Gasteiger partial charge in [-0.05, 0) is 12.1 Å². The highest BCUT2D eigenvalue weighted by molar-refractivity contribution is 6.34. The Hall–Kier alpha value is -2.32. The number of hydrogen-bond acceptors (Lipinski definition) is 4. The van der Waals surface area contributed by atoms with Crippen molar-refractivity contribution in [1.29, 1.82) is 0 Å². The second-order valence-electron chi connectivity index (χ2n) is 5.50. The summed E-state index contributed by atoms with van der Waals surface area (Å²) in [5.74, 6) is -1.40. The van der Waals surface area contributed by atoms with E-state index in [4.69, 9.17) is 16.3 Å². The lowest BCUT2D eigenvalue weighted by atomic mass is 10.2. The fourth-order valence-electron chi connectivity index (χ4n) is 2.57. The number of aromatic nitrogens is 4. The Morgan fingerprint density at radius 3 is 2.62 bits per heavy atom. The zero-order valence-electron chi connectivity index (χ0n) is 12.2. The van der Waals surface area contributed by atoms with E-state index >= 15 is 0 Å². The van der Waals surface area contributed by atoms with Gasteiger partial charge in [-0.2, -0.15) is 10.2 Å². The van der Waals surface area contributed by atoms with Crippen molar-refractivity contribution in [2.24, 2.45) is 0 Å². The predicted molar refractivity (Wildman–Crippen MR) is 82.1 cm³/mol. The van der Waals surface area contributed by atoms with Gasteiger partial charge >= 0.3 is 0 Å². The Balaban J connectivity index is 1.81. The molecule has 0 bridgehead atoms. The van der Waals surface area contributed by atoms with Crippen LogP contribution in [0.5, 0.6) is 0 Å². The third-order valence-corrected chi connectivity index (χ3v) is 4.38. The zero-order chi connectivity index (χ0) is 16.8. The van der Waals surface area contributed by atoms with Crippen LogP contribution >= 0.6 is 11.6 Å². The highest BCUT2D eigenvalue weighted by Gasteiger charge is 2.25. The van der Waals surface area contributed by atoms with E-state index in [1.807, 2.05) is 0 Å².